The van der Waals surface area contributed by atoms with Crippen molar-refractivity contribution in [1.29, 1.82) is 0 Å². The van der Waals surface area contributed by atoms with E-state index in [9.17, 15) is 4.57 Å². The Morgan fingerprint density at radius 2 is 1.70 bits per heavy atom. The fraction of sp³-hybridized carbons (Fsp3) is 0.294. The number of para-hydroxylation sites is 1. The quantitative estimate of drug-likeness (QED) is 0.102. The molecule has 0 saturated heterocycles. The monoisotopic (exact) mass is 647 g/mol. The van der Waals surface area contributed by atoms with Crippen molar-refractivity contribution in [2.24, 2.45) is 0 Å². The maximum atomic E-state index is 13.5. The molecule has 0 spiro atoms. The van der Waals surface area contributed by atoms with E-state index in [1.54, 1.807) is 42.5 Å². The first kappa shape index (κ1) is 32.8. The molecule has 0 unspecified atom stereocenters. The number of benzene rings is 2. The molecule has 0 amide bonds. The fourth-order valence-electron chi connectivity index (χ4n) is 4.45. The van der Waals surface area contributed by atoms with Crippen molar-refractivity contribution in [3.05, 3.63) is 102 Å². The van der Waals surface area contributed by atoms with Crippen LogP contribution in [0.4, 0.5) is 0 Å². The lowest BCUT2D eigenvalue weighted by Gasteiger charge is -2.19. The highest BCUT2D eigenvalue weighted by Gasteiger charge is 2.25. The normalized spacial score (nSPS) is 12.0. The number of hydrogen-bond donors (Lipinski definition) is 0. The molecule has 2 aromatic carbocycles. The highest BCUT2D eigenvalue weighted by atomic mass is 31.2. The van der Waals surface area contributed by atoms with E-state index >= 15 is 0 Å². The summed E-state index contributed by atoms with van der Waals surface area (Å²) in [4.78, 5) is 4.50. The van der Waals surface area contributed by atoms with Gasteiger partial charge in [-0.05, 0) is 82.7 Å². The van der Waals surface area contributed by atoms with Gasteiger partial charge in [0, 0.05) is 12.0 Å². The number of hydrogen-bond acceptors (Lipinski definition) is 10. The van der Waals surface area contributed by atoms with Gasteiger partial charge >= 0.3 is 7.60 Å². The number of aryl methyl sites for hydroxylation is 1. The van der Waals surface area contributed by atoms with E-state index in [1.165, 1.54) is 5.82 Å². The third-order valence-electron chi connectivity index (χ3n) is 6.47. The highest BCUT2D eigenvalue weighted by molar-refractivity contribution is 7.57. The summed E-state index contributed by atoms with van der Waals surface area (Å²) < 4.78 is 55.5. The predicted octanol–water partition coefficient (Wildman–Crippen LogP) is 8.61. The van der Waals surface area contributed by atoms with Crippen LogP contribution in [0, 0.1) is 6.92 Å². The Kier molecular flexibility index (Phi) is 10.5. The second-order valence-electron chi connectivity index (χ2n) is 10.9. The number of nitrogens with zero attached hydrogens (tertiary/aromatic N) is 3. The van der Waals surface area contributed by atoms with E-state index in [2.05, 4.69) is 10.1 Å². The third-order valence-corrected chi connectivity index (χ3v) is 8.42. The standard InChI is InChI=1S/C34H38N3O8P/c1-23(2)44-46(38,45-24(3)4)18-16-27-20-37(28-11-8-7-9-12-28)36-33(27)42-21-26-14-15-30(32(19-26)39-6)41-22-29-25(5)43-34(35-29)31-13-10-17-40-31/h7-20,23-24H,21-22H2,1-6H3/b18-16+. The first-order chi connectivity index (χ1) is 22.1. The molecule has 0 aliphatic carbocycles. The van der Waals surface area contributed by atoms with Gasteiger partial charge in [0.25, 0.3) is 5.89 Å². The van der Waals surface area contributed by atoms with Crippen LogP contribution in [0.15, 0.2) is 87.8 Å². The van der Waals surface area contributed by atoms with Crippen LogP contribution in [-0.4, -0.2) is 34.1 Å². The van der Waals surface area contributed by atoms with Crippen LogP contribution in [0.3, 0.4) is 0 Å². The van der Waals surface area contributed by atoms with E-state index in [0.717, 1.165) is 11.3 Å². The maximum absolute atomic E-state index is 13.5. The molecule has 0 fully saturated rings. The molecule has 3 aromatic heterocycles. The Hall–Kier alpha value is -4.57. The summed E-state index contributed by atoms with van der Waals surface area (Å²) in [6, 6.07) is 18.7. The Morgan fingerprint density at radius 3 is 2.37 bits per heavy atom. The molecule has 11 nitrogen and oxygen atoms in total. The molecule has 46 heavy (non-hydrogen) atoms. The Bertz CT molecular complexity index is 1780. The van der Waals surface area contributed by atoms with Crippen molar-refractivity contribution >= 4 is 13.7 Å². The minimum Gasteiger partial charge on any atom is -0.493 e. The molecule has 12 heteroatoms. The topological polar surface area (TPSA) is 120 Å². The van der Waals surface area contributed by atoms with Crippen molar-refractivity contribution < 1.29 is 36.7 Å². The van der Waals surface area contributed by atoms with Crippen molar-refractivity contribution in [2.45, 2.75) is 60.0 Å². The molecule has 0 aliphatic rings. The predicted molar refractivity (Wildman–Crippen MR) is 173 cm³/mol. The van der Waals surface area contributed by atoms with Gasteiger partial charge in [-0.1, -0.05) is 24.3 Å². The van der Waals surface area contributed by atoms with Crippen molar-refractivity contribution in [3.8, 4) is 34.7 Å². The van der Waals surface area contributed by atoms with Gasteiger partial charge in [0.2, 0.25) is 5.88 Å². The first-order valence-electron chi connectivity index (χ1n) is 14.9. The summed E-state index contributed by atoms with van der Waals surface area (Å²) in [5, 5.41) is 4.66. The zero-order valence-electron chi connectivity index (χ0n) is 26.7. The zero-order valence-corrected chi connectivity index (χ0v) is 27.6. The number of ether oxygens (including phenoxy) is 3. The van der Waals surface area contributed by atoms with Crippen molar-refractivity contribution in [2.75, 3.05) is 7.11 Å². The SMILES string of the molecule is COc1cc(COc2nn(-c3ccccc3)cc2/C=C/P(=O)(OC(C)C)OC(C)C)ccc1OCc1nc(-c2ccco2)oc1C. The van der Waals surface area contributed by atoms with Gasteiger partial charge in [-0.3, -0.25) is 4.57 Å². The minimum absolute atomic E-state index is 0.180. The van der Waals surface area contributed by atoms with Crippen LogP contribution in [-0.2, 0) is 26.8 Å². The molecule has 0 bridgehead atoms. The molecular weight excluding hydrogens is 609 g/mol. The largest absolute Gasteiger partial charge is 0.493 e. The van der Waals surface area contributed by atoms with Crippen LogP contribution in [0.1, 0.15) is 50.3 Å². The summed E-state index contributed by atoms with van der Waals surface area (Å²) >= 11 is 0. The second kappa shape index (κ2) is 14.7. The lowest BCUT2D eigenvalue weighted by atomic mass is 10.2. The molecule has 242 valence electrons. The Balaban J connectivity index is 1.33. The van der Waals surface area contributed by atoms with E-state index in [4.69, 9.17) is 32.1 Å². The van der Waals surface area contributed by atoms with Gasteiger partial charge in [0.1, 0.15) is 24.7 Å². The lowest BCUT2D eigenvalue weighted by Crippen LogP contribution is -2.06. The van der Waals surface area contributed by atoms with Crippen molar-refractivity contribution in [3.63, 3.8) is 0 Å². The lowest BCUT2D eigenvalue weighted by molar-refractivity contribution is 0.149. The molecular formula is C34H38N3O8P. The van der Waals surface area contributed by atoms with Crippen LogP contribution in [0.25, 0.3) is 23.4 Å². The second-order valence-corrected chi connectivity index (χ2v) is 12.7. The van der Waals surface area contributed by atoms with Crippen LogP contribution < -0.4 is 14.2 Å². The Labute approximate surface area is 268 Å². The van der Waals surface area contributed by atoms with E-state index in [1.807, 2.05) is 83.1 Å². The number of oxazole rings is 1. The van der Waals surface area contributed by atoms with Gasteiger partial charge in [-0.25, -0.2) is 9.67 Å². The molecule has 5 aromatic rings. The summed E-state index contributed by atoms with van der Waals surface area (Å²) in [6.07, 6.45) is 4.44. The molecule has 5 rings (SSSR count). The fourth-order valence-corrected chi connectivity index (χ4v) is 6.16. The van der Waals surface area contributed by atoms with E-state index < -0.39 is 7.60 Å². The number of methoxy groups -OCH3 is 1. The third kappa shape index (κ3) is 8.37. The maximum Gasteiger partial charge on any atom is 0.354 e. The van der Waals surface area contributed by atoms with Gasteiger partial charge in [0.05, 0.1) is 36.8 Å². The average Bonchev–Trinajstić information content (AvgIpc) is 3.78. The number of aromatic nitrogens is 3. The molecule has 0 saturated carbocycles. The number of rotatable bonds is 15. The van der Waals surface area contributed by atoms with Crippen LogP contribution >= 0.6 is 7.60 Å². The zero-order chi connectivity index (χ0) is 32.7. The smallest absolute Gasteiger partial charge is 0.354 e. The summed E-state index contributed by atoms with van der Waals surface area (Å²) in [7, 11) is -1.96. The average molecular weight is 648 g/mol. The molecule has 0 N–H and O–H groups in total. The summed E-state index contributed by atoms with van der Waals surface area (Å²) in [5.41, 5.74) is 2.92. The van der Waals surface area contributed by atoms with Gasteiger partial charge in [-0.15, -0.1) is 5.10 Å². The van der Waals surface area contributed by atoms with Crippen LogP contribution in [0.2, 0.25) is 0 Å². The summed E-state index contributed by atoms with van der Waals surface area (Å²) in [5.74, 6) is 4.44. The van der Waals surface area contributed by atoms with Crippen LogP contribution in [0.5, 0.6) is 17.4 Å². The molecule has 3 heterocycles. The van der Waals surface area contributed by atoms with Gasteiger partial charge in [-0.2, -0.15) is 0 Å². The summed E-state index contributed by atoms with van der Waals surface area (Å²) in [6.45, 7) is 9.43. The van der Waals surface area contributed by atoms with Crippen molar-refractivity contribution in [1.82, 2.24) is 14.8 Å². The number of furan rings is 1. The minimum atomic E-state index is -3.54. The molecule has 0 radical (unpaired) electrons. The Morgan fingerprint density at radius 1 is 0.935 bits per heavy atom. The molecule has 0 atom stereocenters. The molecule has 0 aliphatic heterocycles. The highest BCUT2D eigenvalue weighted by Crippen LogP contribution is 2.52. The van der Waals surface area contributed by atoms with E-state index in [0.29, 0.717) is 46.0 Å². The van der Waals surface area contributed by atoms with Gasteiger partial charge in [0.15, 0.2) is 17.3 Å². The van der Waals surface area contributed by atoms with Gasteiger partial charge < -0.3 is 32.1 Å². The van der Waals surface area contributed by atoms with E-state index in [-0.39, 0.29) is 25.4 Å². The first-order valence-corrected chi connectivity index (χ1v) is 16.5.